The summed E-state index contributed by atoms with van der Waals surface area (Å²) in [5.41, 5.74) is 5.45. The molecule has 1 aliphatic heterocycles. The first-order valence-corrected chi connectivity index (χ1v) is 11.6. The van der Waals surface area contributed by atoms with Crippen LogP contribution in [0.5, 0.6) is 0 Å². The van der Waals surface area contributed by atoms with E-state index in [9.17, 15) is 14.3 Å². The molecule has 4 rings (SSSR count). The van der Waals surface area contributed by atoms with Gasteiger partial charge in [0.15, 0.2) is 0 Å². The van der Waals surface area contributed by atoms with Crippen LogP contribution in [0.2, 0.25) is 0 Å². The Morgan fingerprint density at radius 3 is 2.53 bits per heavy atom. The highest BCUT2D eigenvalue weighted by Gasteiger charge is 2.21. The van der Waals surface area contributed by atoms with Crippen molar-refractivity contribution < 1.29 is 19.4 Å². The van der Waals surface area contributed by atoms with Crippen LogP contribution in [0.1, 0.15) is 38.5 Å². The molecule has 2 fully saturated rings. The average molecular weight is 447 g/mol. The van der Waals surface area contributed by atoms with Gasteiger partial charge < -0.3 is 20.8 Å². The zero-order chi connectivity index (χ0) is 22.9. The monoisotopic (exact) mass is 446 g/mol. The van der Waals surface area contributed by atoms with E-state index >= 15 is 0 Å². The molecule has 2 aliphatic rings. The molecule has 176 valence electrons. The number of carboxylic acid groups (broad SMARTS) is 1. The van der Waals surface area contributed by atoms with Gasteiger partial charge in [0.1, 0.15) is 11.6 Å². The van der Waals surface area contributed by atoms with Gasteiger partial charge in [-0.15, -0.1) is 0 Å². The Bertz CT molecular complexity index is 867. The minimum Gasteiger partial charge on any atom is -0.481 e. The number of carboxylic acids is 1. The number of aliphatic hydroxyl groups excluding tert-OH is 1. The highest BCUT2D eigenvalue weighted by atomic mass is 19.1. The molecule has 1 saturated carbocycles. The Hall–Kier alpha value is -2.29. The summed E-state index contributed by atoms with van der Waals surface area (Å²) in [6.07, 6.45) is 7.71. The van der Waals surface area contributed by atoms with Gasteiger partial charge >= 0.3 is 5.97 Å². The SMILES string of the molecule is NCC(O)CN1CCN(c2nccc3ccc(F)cc23)CC1.O=C(O)CC1CCCCC1. The summed E-state index contributed by atoms with van der Waals surface area (Å²) in [7, 11) is 0. The molecule has 0 spiro atoms. The number of benzene rings is 1. The summed E-state index contributed by atoms with van der Waals surface area (Å²) in [6, 6.07) is 6.69. The Morgan fingerprint density at radius 2 is 1.88 bits per heavy atom. The molecule has 1 aromatic heterocycles. The van der Waals surface area contributed by atoms with E-state index in [0.717, 1.165) is 55.6 Å². The molecule has 1 atom stereocenters. The fraction of sp³-hybridized carbons (Fsp3) is 0.583. The minimum absolute atomic E-state index is 0.244. The number of halogens is 1. The van der Waals surface area contributed by atoms with Gasteiger partial charge in [0.2, 0.25) is 0 Å². The number of pyridine rings is 1. The third-order valence-electron chi connectivity index (χ3n) is 6.31. The summed E-state index contributed by atoms with van der Waals surface area (Å²) < 4.78 is 13.5. The highest BCUT2D eigenvalue weighted by Crippen LogP contribution is 2.27. The highest BCUT2D eigenvalue weighted by molar-refractivity contribution is 5.92. The molecule has 32 heavy (non-hydrogen) atoms. The number of hydrogen-bond donors (Lipinski definition) is 3. The zero-order valence-electron chi connectivity index (χ0n) is 18.6. The molecule has 1 aromatic carbocycles. The van der Waals surface area contributed by atoms with Gasteiger partial charge in [0.05, 0.1) is 6.10 Å². The Balaban J connectivity index is 0.000000243. The first kappa shape index (κ1) is 24.4. The molecule has 7 nitrogen and oxygen atoms in total. The molecule has 4 N–H and O–H groups in total. The standard InChI is InChI=1S/C16H21FN4O.C8H14O2/c17-13-2-1-12-3-4-19-16(15(12)9-13)21-7-5-20(6-8-21)11-14(22)10-18;9-8(10)6-7-4-2-1-3-5-7/h1-4,9,14,22H,5-8,10-11,18H2;7H,1-6H2,(H,9,10). The Labute approximate surface area is 189 Å². The van der Waals surface area contributed by atoms with Crippen LogP contribution in [-0.2, 0) is 4.79 Å². The van der Waals surface area contributed by atoms with E-state index in [-0.39, 0.29) is 12.4 Å². The van der Waals surface area contributed by atoms with Gasteiger partial charge in [0.25, 0.3) is 0 Å². The molecule has 1 saturated heterocycles. The number of carbonyl (C=O) groups is 1. The average Bonchev–Trinajstić information content (AvgIpc) is 2.80. The molecular formula is C24H35FN4O3. The van der Waals surface area contributed by atoms with Crippen LogP contribution in [0.15, 0.2) is 30.5 Å². The van der Waals surface area contributed by atoms with Crippen LogP contribution >= 0.6 is 0 Å². The number of aromatic nitrogens is 1. The predicted octanol–water partition coefficient (Wildman–Crippen LogP) is 2.86. The molecule has 8 heteroatoms. The molecule has 0 bridgehead atoms. The Kier molecular flexibility index (Phi) is 9.20. The minimum atomic E-state index is -0.632. The number of nitrogens with two attached hydrogens (primary N) is 1. The van der Waals surface area contributed by atoms with Crippen LogP contribution in [0, 0.1) is 11.7 Å². The van der Waals surface area contributed by atoms with Crippen molar-refractivity contribution >= 4 is 22.6 Å². The van der Waals surface area contributed by atoms with Crippen molar-refractivity contribution in [2.24, 2.45) is 11.7 Å². The van der Waals surface area contributed by atoms with E-state index < -0.39 is 12.1 Å². The maximum absolute atomic E-state index is 13.5. The first-order chi connectivity index (χ1) is 15.5. The fourth-order valence-electron chi connectivity index (χ4n) is 4.53. The second-order valence-electron chi connectivity index (χ2n) is 8.78. The number of anilines is 1. The first-order valence-electron chi connectivity index (χ1n) is 11.6. The predicted molar refractivity (Wildman–Crippen MR) is 124 cm³/mol. The van der Waals surface area contributed by atoms with E-state index in [1.165, 1.54) is 25.3 Å². The van der Waals surface area contributed by atoms with E-state index in [1.54, 1.807) is 18.3 Å². The summed E-state index contributed by atoms with van der Waals surface area (Å²) in [6.45, 7) is 4.17. The van der Waals surface area contributed by atoms with Gasteiger partial charge in [0, 0.05) is 57.3 Å². The van der Waals surface area contributed by atoms with Crippen molar-refractivity contribution in [3.8, 4) is 0 Å². The number of hydrogen-bond acceptors (Lipinski definition) is 6. The lowest BCUT2D eigenvalue weighted by Gasteiger charge is -2.36. The third kappa shape index (κ3) is 7.12. The van der Waals surface area contributed by atoms with Crippen molar-refractivity contribution in [2.45, 2.75) is 44.6 Å². The van der Waals surface area contributed by atoms with E-state index in [2.05, 4.69) is 14.8 Å². The topological polar surface area (TPSA) is 103 Å². The van der Waals surface area contributed by atoms with Crippen LogP contribution in [-0.4, -0.2) is 71.4 Å². The third-order valence-corrected chi connectivity index (χ3v) is 6.31. The maximum atomic E-state index is 13.5. The normalized spacial score (nSPS) is 18.8. The van der Waals surface area contributed by atoms with Crippen molar-refractivity contribution in [1.29, 1.82) is 0 Å². The lowest BCUT2D eigenvalue weighted by atomic mass is 9.87. The summed E-state index contributed by atoms with van der Waals surface area (Å²) >= 11 is 0. The molecule has 1 unspecified atom stereocenters. The summed E-state index contributed by atoms with van der Waals surface area (Å²) in [4.78, 5) is 19.1. The largest absolute Gasteiger partial charge is 0.481 e. The second kappa shape index (κ2) is 12.1. The molecule has 0 amide bonds. The number of rotatable bonds is 6. The number of aliphatic carboxylic acids is 1. The number of fused-ring (bicyclic) bond motifs is 1. The van der Waals surface area contributed by atoms with Crippen molar-refractivity contribution in [2.75, 3.05) is 44.2 Å². The lowest BCUT2D eigenvalue weighted by molar-refractivity contribution is -0.138. The van der Waals surface area contributed by atoms with Crippen LogP contribution in [0.4, 0.5) is 10.2 Å². The van der Waals surface area contributed by atoms with Crippen LogP contribution < -0.4 is 10.6 Å². The fourth-order valence-corrected chi connectivity index (χ4v) is 4.53. The van der Waals surface area contributed by atoms with Crippen molar-refractivity contribution in [1.82, 2.24) is 9.88 Å². The van der Waals surface area contributed by atoms with Gasteiger partial charge in [-0.05, 0) is 42.3 Å². The molecule has 2 heterocycles. The quantitative estimate of drug-likeness (QED) is 0.627. The maximum Gasteiger partial charge on any atom is 0.303 e. The number of aliphatic hydroxyl groups is 1. The van der Waals surface area contributed by atoms with Crippen molar-refractivity contribution in [3.63, 3.8) is 0 Å². The van der Waals surface area contributed by atoms with Gasteiger partial charge in [-0.25, -0.2) is 9.37 Å². The Morgan fingerprint density at radius 1 is 1.16 bits per heavy atom. The molecule has 1 aliphatic carbocycles. The molecule has 0 radical (unpaired) electrons. The van der Waals surface area contributed by atoms with E-state index in [4.69, 9.17) is 10.8 Å². The lowest BCUT2D eigenvalue weighted by Crippen LogP contribution is -2.49. The number of piperazine rings is 1. The van der Waals surface area contributed by atoms with Gasteiger partial charge in [-0.1, -0.05) is 25.3 Å². The van der Waals surface area contributed by atoms with Gasteiger partial charge in [-0.2, -0.15) is 0 Å². The number of nitrogens with zero attached hydrogens (tertiary/aromatic N) is 3. The summed E-state index contributed by atoms with van der Waals surface area (Å²) in [5, 5.41) is 19.9. The smallest absolute Gasteiger partial charge is 0.303 e. The van der Waals surface area contributed by atoms with E-state index in [1.807, 2.05) is 6.07 Å². The number of β-amino-alcohol motifs (C(OH)–C–C–N with tert-alkyl or cyclic N) is 1. The zero-order valence-corrected chi connectivity index (χ0v) is 18.6. The molecule has 2 aromatic rings. The van der Waals surface area contributed by atoms with Crippen LogP contribution in [0.3, 0.4) is 0 Å². The summed E-state index contributed by atoms with van der Waals surface area (Å²) in [5.74, 6) is 0.431. The van der Waals surface area contributed by atoms with Crippen molar-refractivity contribution in [3.05, 3.63) is 36.3 Å². The van der Waals surface area contributed by atoms with Gasteiger partial charge in [-0.3, -0.25) is 9.69 Å². The van der Waals surface area contributed by atoms with E-state index in [0.29, 0.717) is 18.9 Å². The molecular weight excluding hydrogens is 411 g/mol. The second-order valence-corrected chi connectivity index (χ2v) is 8.78. The van der Waals surface area contributed by atoms with Crippen LogP contribution in [0.25, 0.3) is 10.8 Å².